The molecule has 1 aromatic carbocycles. The van der Waals surface area contributed by atoms with Crippen molar-refractivity contribution >= 4 is 29.7 Å². The predicted octanol–water partition coefficient (Wildman–Crippen LogP) is -1.17. The minimum absolute atomic E-state index is 0.0161. The SMILES string of the molecule is CC(C)CC(NC(=O)C(Cc1ccccc1)NC(=O)CN)C(=O)NC(CCCN=C(N)N)C(=O)O. The van der Waals surface area contributed by atoms with Crippen LogP contribution in [0.4, 0.5) is 0 Å². The quantitative estimate of drug-likeness (QED) is 0.0898. The molecule has 35 heavy (non-hydrogen) atoms. The van der Waals surface area contributed by atoms with Gasteiger partial charge in [0.2, 0.25) is 17.7 Å². The fourth-order valence-electron chi connectivity index (χ4n) is 3.32. The summed E-state index contributed by atoms with van der Waals surface area (Å²) in [5, 5.41) is 17.2. The van der Waals surface area contributed by atoms with Crippen molar-refractivity contribution in [3.63, 3.8) is 0 Å². The first-order valence-electron chi connectivity index (χ1n) is 11.5. The molecule has 12 nitrogen and oxygen atoms in total. The second-order valence-electron chi connectivity index (χ2n) is 8.55. The zero-order valence-electron chi connectivity index (χ0n) is 20.2. The zero-order chi connectivity index (χ0) is 26.4. The lowest BCUT2D eigenvalue weighted by atomic mass is 10.0. The molecule has 0 radical (unpaired) electrons. The van der Waals surface area contributed by atoms with Crippen LogP contribution < -0.4 is 33.2 Å². The molecule has 12 heteroatoms. The first-order chi connectivity index (χ1) is 16.5. The summed E-state index contributed by atoms with van der Waals surface area (Å²) in [7, 11) is 0. The minimum Gasteiger partial charge on any atom is -0.480 e. The van der Waals surface area contributed by atoms with Crippen LogP contribution in [-0.2, 0) is 25.6 Å². The van der Waals surface area contributed by atoms with Crippen molar-refractivity contribution in [2.75, 3.05) is 13.1 Å². The van der Waals surface area contributed by atoms with Crippen LogP contribution in [0.25, 0.3) is 0 Å². The summed E-state index contributed by atoms with van der Waals surface area (Å²) >= 11 is 0. The van der Waals surface area contributed by atoms with Crippen LogP contribution in [0.5, 0.6) is 0 Å². The monoisotopic (exact) mass is 491 g/mol. The van der Waals surface area contributed by atoms with Gasteiger partial charge in [-0.1, -0.05) is 44.2 Å². The molecule has 0 bridgehead atoms. The topological polar surface area (TPSA) is 215 Å². The van der Waals surface area contributed by atoms with Gasteiger partial charge in [-0.15, -0.1) is 0 Å². The van der Waals surface area contributed by atoms with Crippen molar-refractivity contribution in [3.05, 3.63) is 35.9 Å². The van der Waals surface area contributed by atoms with Gasteiger partial charge in [0.1, 0.15) is 18.1 Å². The van der Waals surface area contributed by atoms with Crippen LogP contribution in [0.1, 0.15) is 38.7 Å². The fourth-order valence-corrected chi connectivity index (χ4v) is 3.32. The lowest BCUT2D eigenvalue weighted by Gasteiger charge is -2.25. The standard InChI is InChI=1S/C23H37N7O5/c1-14(2)11-17(20(32)29-16(22(34)35)9-6-10-27-23(25)26)30-21(33)18(28-19(31)13-24)12-15-7-4-3-5-8-15/h3-5,7-8,14,16-18H,6,9-13,24H2,1-2H3,(H,28,31)(H,29,32)(H,30,33)(H,34,35)(H4,25,26,27). The van der Waals surface area contributed by atoms with Gasteiger partial charge in [0.15, 0.2) is 5.96 Å². The molecule has 0 aliphatic rings. The van der Waals surface area contributed by atoms with Gasteiger partial charge in [-0.3, -0.25) is 19.4 Å². The number of nitrogens with zero attached hydrogens (tertiary/aromatic N) is 1. The minimum atomic E-state index is -1.21. The van der Waals surface area contributed by atoms with Gasteiger partial charge in [-0.05, 0) is 30.7 Å². The molecule has 10 N–H and O–H groups in total. The summed E-state index contributed by atoms with van der Waals surface area (Å²) in [6, 6.07) is 5.92. The van der Waals surface area contributed by atoms with Crippen LogP contribution >= 0.6 is 0 Å². The van der Waals surface area contributed by atoms with Crippen molar-refractivity contribution in [1.29, 1.82) is 0 Å². The number of hydrogen-bond acceptors (Lipinski definition) is 6. The second kappa shape index (κ2) is 15.3. The van der Waals surface area contributed by atoms with Gasteiger partial charge in [0.25, 0.3) is 0 Å². The number of rotatable bonds is 15. The number of nitrogens with one attached hydrogen (secondary N) is 3. The molecule has 1 rings (SSSR count). The lowest BCUT2D eigenvalue weighted by Crippen LogP contribution is -2.57. The molecule has 0 spiro atoms. The van der Waals surface area contributed by atoms with Crippen LogP contribution in [0, 0.1) is 5.92 Å². The lowest BCUT2D eigenvalue weighted by molar-refractivity contribution is -0.142. The Labute approximate surface area is 205 Å². The molecule has 0 saturated heterocycles. The van der Waals surface area contributed by atoms with Crippen LogP contribution in [-0.4, -0.2) is 66.0 Å². The second-order valence-corrected chi connectivity index (χ2v) is 8.55. The van der Waals surface area contributed by atoms with Gasteiger partial charge in [0, 0.05) is 13.0 Å². The Hall–Kier alpha value is -3.67. The highest BCUT2D eigenvalue weighted by Crippen LogP contribution is 2.09. The Balaban J connectivity index is 2.95. The summed E-state index contributed by atoms with van der Waals surface area (Å²) in [6.45, 7) is 3.66. The van der Waals surface area contributed by atoms with E-state index < -0.39 is 41.8 Å². The number of carbonyl (C=O) groups is 4. The Morgan fingerprint density at radius 3 is 2.09 bits per heavy atom. The molecular formula is C23H37N7O5. The smallest absolute Gasteiger partial charge is 0.326 e. The van der Waals surface area contributed by atoms with E-state index in [2.05, 4.69) is 20.9 Å². The van der Waals surface area contributed by atoms with Crippen LogP contribution in [0.3, 0.4) is 0 Å². The fraction of sp³-hybridized carbons (Fsp3) is 0.522. The van der Waals surface area contributed by atoms with Crippen molar-refractivity contribution in [3.8, 4) is 0 Å². The predicted molar refractivity (Wildman–Crippen MR) is 132 cm³/mol. The first kappa shape index (κ1) is 29.4. The summed E-state index contributed by atoms with van der Waals surface area (Å²) < 4.78 is 0. The maximum atomic E-state index is 13.1. The highest BCUT2D eigenvalue weighted by atomic mass is 16.4. The van der Waals surface area contributed by atoms with E-state index >= 15 is 0 Å². The molecule has 0 fully saturated rings. The normalized spacial score (nSPS) is 13.3. The van der Waals surface area contributed by atoms with Crippen LogP contribution in [0.2, 0.25) is 0 Å². The van der Waals surface area contributed by atoms with E-state index in [4.69, 9.17) is 17.2 Å². The average molecular weight is 492 g/mol. The molecule has 3 unspecified atom stereocenters. The first-order valence-corrected chi connectivity index (χ1v) is 11.5. The van der Waals surface area contributed by atoms with Gasteiger partial charge in [-0.25, -0.2) is 4.79 Å². The Kier molecular flexibility index (Phi) is 12.8. The van der Waals surface area contributed by atoms with Crippen molar-refractivity contribution in [1.82, 2.24) is 16.0 Å². The average Bonchev–Trinajstić information content (AvgIpc) is 2.79. The summed E-state index contributed by atoms with van der Waals surface area (Å²) in [5.74, 6) is -3.02. The Morgan fingerprint density at radius 1 is 0.943 bits per heavy atom. The summed E-state index contributed by atoms with van der Waals surface area (Å²) in [4.78, 5) is 53.4. The van der Waals surface area contributed by atoms with Crippen molar-refractivity contribution in [2.45, 2.75) is 57.7 Å². The van der Waals surface area contributed by atoms with E-state index in [0.29, 0.717) is 6.42 Å². The summed E-state index contributed by atoms with van der Waals surface area (Å²) in [5.41, 5.74) is 16.7. The number of carboxylic acids is 1. The maximum absolute atomic E-state index is 13.1. The highest BCUT2D eigenvalue weighted by molar-refractivity contribution is 5.93. The number of benzene rings is 1. The molecule has 0 aromatic heterocycles. The largest absolute Gasteiger partial charge is 0.480 e. The number of carboxylic acid groups (broad SMARTS) is 1. The molecule has 0 saturated carbocycles. The van der Waals surface area contributed by atoms with Crippen molar-refractivity contribution < 1.29 is 24.3 Å². The molecule has 3 amide bonds. The zero-order valence-corrected chi connectivity index (χ0v) is 20.2. The number of guanidine groups is 1. The third-order valence-electron chi connectivity index (χ3n) is 5.02. The Morgan fingerprint density at radius 2 is 1.54 bits per heavy atom. The van der Waals surface area contributed by atoms with E-state index in [9.17, 15) is 24.3 Å². The number of nitrogens with two attached hydrogens (primary N) is 3. The molecule has 194 valence electrons. The third kappa shape index (κ3) is 11.8. The number of hydrogen-bond donors (Lipinski definition) is 7. The van der Waals surface area contributed by atoms with Gasteiger partial charge in [-0.2, -0.15) is 0 Å². The molecule has 0 heterocycles. The van der Waals surface area contributed by atoms with E-state index in [1.807, 2.05) is 44.2 Å². The van der Waals surface area contributed by atoms with E-state index in [1.54, 1.807) is 0 Å². The van der Waals surface area contributed by atoms with E-state index in [0.717, 1.165) is 5.56 Å². The number of aliphatic carboxylic acids is 1. The van der Waals surface area contributed by atoms with E-state index in [1.165, 1.54) is 0 Å². The number of carbonyl (C=O) groups excluding carboxylic acids is 3. The number of aliphatic imine (C=N–C) groups is 1. The molecule has 0 aliphatic heterocycles. The maximum Gasteiger partial charge on any atom is 0.326 e. The molecule has 1 aromatic rings. The van der Waals surface area contributed by atoms with Gasteiger partial charge >= 0.3 is 5.97 Å². The number of amides is 3. The molecule has 3 atom stereocenters. The third-order valence-corrected chi connectivity index (χ3v) is 5.02. The van der Waals surface area contributed by atoms with Crippen LogP contribution in [0.15, 0.2) is 35.3 Å². The Bertz CT molecular complexity index is 872. The van der Waals surface area contributed by atoms with Gasteiger partial charge < -0.3 is 38.3 Å². The highest BCUT2D eigenvalue weighted by Gasteiger charge is 2.30. The molecule has 0 aliphatic carbocycles. The van der Waals surface area contributed by atoms with Crippen molar-refractivity contribution in [2.24, 2.45) is 28.1 Å². The van der Waals surface area contributed by atoms with Gasteiger partial charge in [0.05, 0.1) is 6.54 Å². The van der Waals surface area contributed by atoms with E-state index in [-0.39, 0.29) is 44.2 Å². The molecular weight excluding hydrogens is 454 g/mol. The summed E-state index contributed by atoms with van der Waals surface area (Å²) in [6.07, 6.45) is 0.891.